The van der Waals surface area contributed by atoms with Crippen LogP contribution in [0, 0.1) is 5.92 Å². The number of hydrogen-bond donors (Lipinski definition) is 0. The van der Waals surface area contributed by atoms with E-state index in [0.29, 0.717) is 12.5 Å². The summed E-state index contributed by atoms with van der Waals surface area (Å²) in [5, 5.41) is 0. The Morgan fingerprint density at radius 1 is 1.12 bits per heavy atom. The van der Waals surface area contributed by atoms with Gasteiger partial charge in [-0.1, -0.05) is 25.0 Å². The molecule has 1 saturated carbocycles. The smallest absolute Gasteiger partial charge is 0.226 e. The van der Waals surface area contributed by atoms with Gasteiger partial charge in [-0.25, -0.2) is 0 Å². The van der Waals surface area contributed by atoms with Gasteiger partial charge in [-0.3, -0.25) is 4.79 Å². The second-order valence-corrected chi connectivity index (χ2v) is 7.04. The molecule has 1 aromatic carbocycles. The van der Waals surface area contributed by atoms with Crippen LogP contribution in [0.3, 0.4) is 0 Å². The molecule has 0 spiro atoms. The van der Waals surface area contributed by atoms with E-state index in [0.717, 1.165) is 37.2 Å². The minimum Gasteiger partial charge on any atom is -0.494 e. The molecular formula is C21H26N2O2. The lowest BCUT2D eigenvalue weighted by Crippen LogP contribution is -2.44. The molecule has 2 heterocycles. The molecule has 1 unspecified atom stereocenters. The molecule has 1 fully saturated rings. The van der Waals surface area contributed by atoms with E-state index in [1.807, 2.05) is 19.1 Å². The summed E-state index contributed by atoms with van der Waals surface area (Å²) >= 11 is 0. The van der Waals surface area contributed by atoms with Crippen LogP contribution in [-0.4, -0.2) is 28.5 Å². The first-order valence-corrected chi connectivity index (χ1v) is 9.46. The summed E-state index contributed by atoms with van der Waals surface area (Å²) < 4.78 is 7.85. The molecule has 0 bridgehead atoms. The summed E-state index contributed by atoms with van der Waals surface area (Å²) in [4.78, 5) is 15.3. The van der Waals surface area contributed by atoms with Crippen LogP contribution in [0.25, 0.3) is 0 Å². The van der Waals surface area contributed by atoms with E-state index < -0.39 is 0 Å². The molecule has 4 heteroatoms. The summed E-state index contributed by atoms with van der Waals surface area (Å²) in [6, 6.07) is 12.5. The number of nitrogens with zero attached hydrogens (tertiary/aromatic N) is 2. The second kappa shape index (κ2) is 6.95. The topological polar surface area (TPSA) is 34.5 Å². The van der Waals surface area contributed by atoms with Crippen molar-refractivity contribution < 1.29 is 9.53 Å². The van der Waals surface area contributed by atoms with E-state index in [-0.39, 0.29) is 12.0 Å². The number of carbonyl (C=O) groups excluding carboxylic acids is 1. The van der Waals surface area contributed by atoms with Crippen LogP contribution in [0.2, 0.25) is 0 Å². The summed E-state index contributed by atoms with van der Waals surface area (Å²) in [7, 11) is 0. The first-order chi connectivity index (χ1) is 12.3. The average molecular weight is 338 g/mol. The van der Waals surface area contributed by atoms with E-state index in [2.05, 4.69) is 39.9 Å². The third-order valence-electron chi connectivity index (χ3n) is 5.53. The maximum absolute atomic E-state index is 13.2. The second-order valence-electron chi connectivity index (χ2n) is 7.04. The van der Waals surface area contributed by atoms with Gasteiger partial charge in [-0.2, -0.15) is 0 Å². The van der Waals surface area contributed by atoms with Crippen LogP contribution in [0.1, 0.15) is 49.9 Å². The first-order valence-electron chi connectivity index (χ1n) is 9.46. The Kier molecular flexibility index (Phi) is 4.51. The summed E-state index contributed by atoms with van der Waals surface area (Å²) in [5.74, 6) is 1.43. The fourth-order valence-electron chi connectivity index (χ4n) is 4.29. The molecule has 1 aliphatic heterocycles. The van der Waals surface area contributed by atoms with Crippen molar-refractivity contribution in [2.45, 2.75) is 45.2 Å². The van der Waals surface area contributed by atoms with Crippen molar-refractivity contribution in [2.24, 2.45) is 5.92 Å². The SMILES string of the molecule is CCOc1ccc(C2c3cccn3CCN2C(=O)C2CCCC2)cc1. The van der Waals surface area contributed by atoms with E-state index >= 15 is 0 Å². The molecule has 1 aliphatic carbocycles. The zero-order chi connectivity index (χ0) is 17.2. The molecular weight excluding hydrogens is 312 g/mol. The van der Waals surface area contributed by atoms with Gasteiger partial charge in [0.15, 0.2) is 0 Å². The number of amides is 1. The minimum absolute atomic E-state index is 0.00697. The molecule has 1 atom stereocenters. The predicted octanol–water partition coefficient (Wildman–Crippen LogP) is 4.01. The van der Waals surface area contributed by atoms with Crippen LogP contribution >= 0.6 is 0 Å². The predicted molar refractivity (Wildman–Crippen MR) is 97.6 cm³/mol. The number of fused-ring (bicyclic) bond motifs is 1. The number of hydrogen-bond acceptors (Lipinski definition) is 2. The minimum atomic E-state index is 0.00697. The van der Waals surface area contributed by atoms with Gasteiger partial charge < -0.3 is 14.2 Å². The zero-order valence-corrected chi connectivity index (χ0v) is 14.9. The highest BCUT2D eigenvalue weighted by molar-refractivity contribution is 5.80. The fraction of sp³-hybridized carbons (Fsp3) is 0.476. The monoisotopic (exact) mass is 338 g/mol. The van der Waals surface area contributed by atoms with Crippen molar-refractivity contribution in [3.8, 4) is 5.75 Å². The van der Waals surface area contributed by atoms with Crippen LogP contribution in [0.5, 0.6) is 5.75 Å². The van der Waals surface area contributed by atoms with E-state index in [9.17, 15) is 4.79 Å². The Morgan fingerprint density at radius 3 is 2.60 bits per heavy atom. The van der Waals surface area contributed by atoms with Crippen LogP contribution in [0.4, 0.5) is 0 Å². The highest BCUT2D eigenvalue weighted by Crippen LogP contribution is 2.36. The lowest BCUT2D eigenvalue weighted by molar-refractivity contribution is -0.138. The lowest BCUT2D eigenvalue weighted by Gasteiger charge is -2.38. The first kappa shape index (κ1) is 16.2. The number of aromatic nitrogens is 1. The van der Waals surface area contributed by atoms with Gasteiger partial charge in [0.1, 0.15) is 5.75 Å². The summed E-state index contributed by atoms with van der Waals surface area (Å²) in [6.45, 7) is 4.32. The van der Waals surface area contributed by atoms with Crippen molar-refractivity contribution in [3.05, 3.63) is 53.9 Å². The van der Waals surface area contributed by atoms with Gasteiger partial charge in [0, 0.05) is 30.9 Å². The van der Waals surface area contributed by atoms with Crippen molar-refractivity contribution in [2.75, 3.05) is 13.2 Å². The van der Waals surface area contributed by atoms with Gasteiger partial charge >= 0.3 is 0 Å². The highest BCUT2D eigenvalue weighted by atomic mass is 16.5. The summed E-state index contributed by atoms with van der Waals surface area (Å²) in [6.07, 6.45) is 6.59. The molecule has 1 amide bonds. The molecule has 4 nitrogen and oxygen atoms in total. The number of ether oxygens (including phenoxy) is 1. The Bertz CT molecular complexity index is 729. The number of carbonyl (C=O) groups is 1. The maximum atomic E-state index is 13.2. The van der Waals surface area contributed by atoms with Crippen molar-refractivity contribution in [1.82, 2.24) is 9.47 Å². The molecule has 0 N–H and O–H groups in total. The van der Waals surface area contributed by atoms with E-state index in [4.69, 9.17) is 4.74 Å². The summed E-state index contributed by atoms with van der Waals surface area (Å²) in [5.41, 5.74) is 2.37. The lowest BCUT2D eigenvalue weighted by atomic mass is 9.97. The van der Waals surface area contributed by atoms with Gasteiger partial charge in [0.2, 0.25) is 5.91 Å². The van der Waals surface area contributed by atoms with Crippen molar-refractivity contribution in [3.63, 3.8) is 0 Å². The quantitative estimate of drug-likeness (QED) is 0.844. The Hall–Kier alpha value is -2.23. The van der Waals surface area contributed by atoms with E-state index in [1.54, 1.807) is 0 Å². The van der Waals surface area contributed by atoms with Gasteiger partial charge in [0.25, 0.3) is 0 Å². The molecule has 1 aromatic heterocycles. The average Bonchev–Trinajstić information content (AvgIpc) is 3.33. The fourth-order valence-corrected chi connectivity index (χ4v) is 4.29. The van der Waals surface area contributed by atoms with Gasteiger partial charge in [-0.15, -0.1) is 0 Å². The molecule has 132 valence electrons. The molecule has 0 saturated heterocycles. The Morgan fingerprint density at radius 2 is 1.88 bits per heavy atom. The van der Waals surface area contributed by atoms with Crippen LogP contribution in [0.15, 0.2) is 42.6 Å². The molecule has 25 heavy (non-hydrogen) atoms. The van der Waals surface area contributed by atoms with Crippen molar-refractivity contribution >= 4 is 5.91 Å². The third kappa shape index (κ3) is 3.06. The Balaban J connectivity index is 1.67. The van der Waals surface area contributed by atoms with Gasteiger partial charge in [-0.05, 0) is 49.6 Å². The standard InChI is InChI=1S/C21H26N2O2/c1-2-25-18-11-9-16(10-12-18)20-19-8-5-13-22(19)14-15-23(20)21(24)17-6-3-4-7-17/h5,8-13,17,20H,2-4,6-7,14-15H2,1H3. The van der Waals surface area contributed by atoms with Crippen LogP contribution in [-0.2, 0) is 11.3 Å². The normalized spacial score (nSPS) is 20.5. The molecule has 0 radical (unpaired) electrons. The highest BCUT2D eigenvalue weighted by Gasteiger charge is 2.36. The zero-order valence-electron chi connectivity index (χ0n) is 14.9. The van der Waals surface area contributed by atoms with Crippen LogP contribution < -0.4 is 4.74 Å². The largest absolute Gasteiger partial charge is 0.494 e. The maximum Gasteiger partial charge on any atom is 0.226 e. The van der Waals surface area contributed by atoms with Gasteiger partial charge in [0.05, 0.1) is 12.6 Å². The van der Waals surface area contributed by atoms with Crippen molar-refractivity contribution in [1.29, 1.82) is 0 Å². The molecule has 4 rings (SSSR count). The molecule has 2 aliphatic rings. The Labute approximate surface area is 149 Å². The van der Waals surface area contributed by atoms with E-state index in [1.165, 1.54) is 18.5 Å². The number of benzene rings is 1. The molecule has 2 aromatic rings. The third-order valence-corrected chi connectivity index (χ3v) is 5.53. The number of rotatable bonds is 4.